The van der Waals surface area contributed by atoms with Crippen molar-refractivity contribution in [1.29, 1.82) is 0 Å². The molecule has 0 unspecified atom stereocenters. The van der Waals surface area contributed by atoms with Gasteiger partial charge in [-0.1, -0.05) is 6.92 Å². The monoisotopic (exact) mass is 200 g/mol. The van der Waals surface area contributed by atoms with Gasteiger partial charge in [0.1, 0.15) is 19.6 Å². The zero-order valence-corrected chi connectivity index (χ0v) is 9.51. The maximum Gasteiger partial charge on any atom is 0.150 e. The number of quaternary nitrogens is 2. The van der Waals surface area contributed by atoms with Crippen molar-refractivity contribution in [3.05, 3.63) is 0 Å². The molecule has 82 valence electrons. The molecule has 0 saturated carbocycles. The summed E-state index contributed by atoms with van der Waals surface area (Å²) in [5.41, 5.74) is 0.626. The fraction of sp³-hybridized carbons (Fsp3) is 1.00. The van der Waals surface area contributed by atoms with Crippen LogP contribution in [0.4, 0.5) is 0 Å². The van der Waals surface area contributed by atoms with Crippen molar-refractivity contribution in [2.24, 2.45) is 0 Å². The molecule has 2 rings (SSSR count). The Morgan fingerprint density at radius 1 is 1.36 bits per heavy atom. The van der Waals surface area contributed by atoms with E-state index in [1.807, 2.05) is 0 Å². The molecule has 2 aliphatic heterocycles. The molecule has 14 heavy (non-hydrogen) atoms. The summed E-state index contributed by atoms with van der Waals surface area (Å²) < 4.78 is 5.91. The molecule has 2 heterocycles. The molecule has 0 radical (unpaired) electrons. The number of nitrogens with two attached hydrogens (primary N) is 2. The number of hydrogen-bond donors (Lipinski definition) is 2. The normalized spacial score (nSPS) is 44.1. The highest BCUT2D eigenvalue weighted by Crippen LogP contribution is 2.31. The Kier molecular flexibility index (Phi) is 2.82. The topological polar surface area (TPSA) is 42.5 Å². The van der Waals surface area contributed by atoms with Gasteiger partial charge in [0.2, 0.25) is 0 Å². The van der Waals surface area contributed by atoms with E-state index in [-0.39, 0.29) is 5.60 Å². The third kappa shape index (κ3) is 1.95. The fourth-order valence-corrected chi connectivity index (χ4v) is 2.94. The molecule has 2 aliphatic rings. The molecule has 0 aliphatic carbocycles. The second kappa shape index (κ2) is 3.80. The van der Waals surface area contributed by atoms with E-state index in [1.165, 1.54) is 32.5 Å². The predicted octanol–water partition coefficient (Wildman–Crippen LogP) is -1.16. The number of rotatable bonds is 1. The highest BCUT2D eigenvalue weighted by atomic mass is 16.5. The van der Waals surface area contributed by atoms with Gasteiger partial charge in [-0.25, -0.2) is 0 Å². The first kappa shape index (κ1) is 10.4. The van der Waals surface area contributed by atoms with Gasteiger partial charge in [-0.05, 0) is 13.3 Å². The van der Waals surface area contributed by atoms with Crippen molar-refractivity contribution < 1.29 is 15.4 Å². The van der Waals surface area contributed by atoms with E-state index in [4.69, 9.17) is 4.74 Å². The zero-order chi connectivity index (χ0) is 10.1. The van der Waals surface area contributed by atoms with Crippen molar-refractivity contribution in [1.82, 2.24) is 0 Å². The van der Waals surface area contributed by atoms with Gasteiger partial charge < -0.3 is 15.4 Å². The van der Waals surface area contributed by atoms with E-state index in [1.54, 1.807) is 0 Å². The van der Waals surface area contributed by atoms with Crippen molar-refractivity contribution in [3.63, 3.8) is 0 Å². The van der Waals surface area contributed by atoms with Crippen molar-refractivity contribution in [3.8, 4) is 0 Å². The first-order valence-corrected chi connectivity index (χ1v) is 5.98. The van der Waals surface area contributed by atoms with Crippen molar-refractivity contribution in [2.45, 2.75) is 44.2 Å². The van der Waals surface area contributed by atoms with Gasteiger partial charge in [-0.15, -0.1) is 0 Å². The van der Waals surface area contributed by atoms with Crippen LogP contribution < -0.4 is 10.6 Å². The number of piperazine rings is 1. The fourth-order valence-electron chi connectivity index (χ4n) is 2.94. The SMILES string of the molecule is CC[C@@]1(C)C[C@@]2(CCO1)C[NH2+]CC[NH2+]2. The maximum absolute atomic E-state index is 5.91. The Labute approximate surface area is 86.6 Å². The average Bonchev–Trinajstić information content (AvgIpc) is 2.19. The van der Waals surface area contributed by atoms with E-state index >= 15 is 0 Å². The molecule has 2 saturated heterocycles. The summed E-state index contributed by atoms with van der Waals surface area (Å²) >= 11 is 0. The molecule has 0 aromatic rings. The van der Waals surface area contributed by atoms with Crippen LogP contribution in [0.5, 0.6) is 0 Å². The largest absolute Gasteiger partial charge is 0.375 e. The van der Waals surface area contributed by atoms with Crippen LogP contribution in [0, 0.1) is 0 Å². The summed E-state index contributed by atoms with van der Waals surface area (Å²) in [5, 5.41) is 5.05. The lowest BCUT2D eigenvalue weighted by Gasteiger charge is -2.44. The molecule has 3 heteroatoms. The third-order valence-electron chi connectivity index (χ3n) is 4.02. The van der Waals surface area contributed by atoms with Gasteiger partial charge in [0, 0.05) is 12.8 Å². The lowest BCUT2D eigenvalue weighted by molar-refractivity contribution is -0.841. The first-order valence-electron chi connectivity index (χ1n) is 5.98. The molecule has 0 aromatic carbocycles. The van der Waals surface area contributed by atoms with Gasteiger partial charge in [0.05, 0.1) is 12.2 Å². The van der Waals surface area contributed by atoms with Gasteiger partial charge in [0.15, 0.2) is 5.54 Å². The predicted molar refractivity (Wildman–Crippen MR) is 55.1 cm³/mol. The third-order valence-corrected chi connectivity index (χ3v) is 4.02. The van der Waals surface area contributed by atoms with Crippen LogP contribution in [0.25, 0.3) is 0 Å². The molecule has 0 amide bonds. The Morgan fingerprint density at radius 2 is 2.21 bits per heavy atom. The van der Waals surface area contributed by atoms with Crippen LogP contribution >= 0.6 is 0 Å². The quantitative estimate of drug-likeness (QED) is 0.551. The lowest BCUT2D eigenvalue weighted by Crippen LogP contribution is -3.13. The van der Waals surface area contributed by atoms with E-state index in [9.17, 15) is 0 Å². The summed E-state index contributed by atoms with van der Waals surface area (Å²) in [6.07, 6.45) is 3.61. The van der Waals surface area contributed by atoms with Gasteiger partial charge >= 0.3 is 0 Å². The van der Waals surface area contributed by atoms with Gasteiger partial charge in [-0.2, -0.15) is 0 Å². The van der Waals surface area contributed by atoms with Crippen molar-refractivity contribution in [2.75, 3.05) is 26.2 Å². The molecular weight excluding hydrogens is 176 g/mol. The minimum atomic E-state index is 0.139. The van der Waals surface area contributed by atoms with Gasteiger partial charge in [0.25, 0.3) is 0 Å². The molecule has 2 fully saturated rings. The molecule has 1 spiro atoms. The first-order chi connectivity index (χ1) is 6.68. The summed E-state index contributed by atoms with van der Waals surface area (Å²) in [6.45, 7) is 9.31. The number of hydrogen-bond acceptors (Lipinski definition) is 1. The molecular formula is C11H24N2O+2. The standard InChI is InChI=1S/C11H22N2O/c1-3-10(2)8-11(4-7-14-10)9-12-5-6-13-11/h12-13H,3-9H2,1-2H3/p+2/t10-,11-/m0/s1. The Balaban J connectivity index is 2.04. The average molecular weight is 200 g/mol. The minimum Gasteiger partial charge on any atom is -0.375 e. The van der Waals surface area contributed by atoms with Gasteiger partial charge in [-0.3, -0.25) is 0 Å². The smallest absolute Gasteiger partial charge is 0.150 e. The molecule has 0 aromatic heterocycles. The van der Waals surface area contributed by atoms with Crippen LogP contribution in [0.3, 0.4) is 0 Å². The van der Waals surface area contributed by atoms with Crippen LogP contribution in [-0.2, 0) is 4.74 Å². The van der Waals surface area contributed by atoms with Crippen LogP contribution in [0.1, 0.15) is 33.1 Å². The highest BCUT2D eigenvalue weighted by Gasteiger charge is 2.47. The summed E-state index contributed by atoms with van der Waals surface area (Å²) in [6, 6.07) is 0. The summed E-state index contributed by atoms with van der Waals surface area (Å²) in [4.78, 5) is 0. The van der Waals surface area contributed by atoms with E-state index in [0.29, 0.717) is 5.54 Å². The Bertz CT molecular complexity index is 196. The van der Waals surface area contributed by atoms with Crippen LogP contribution in [0.15, 0.2) is 0 Å². The van der Waals surface area contributed by atoms with Crippen molar-refractivity contribution >= 4 is 0 Å². The van der Waals surface area contributed by atoms with E-state index < -0.39 is 0 Å². The molecule has 0 bridgehead atoms. The Morgan fingerprint density at radius 3 is 2.86 bits per heavy atom. The molecule has 2 atom stereocenters. The summed E-state index contributed by atoms with van der Waals surface area (Å²) in [5.74, 6) is 0. The zero-order valence-electron chi connectivity index (χ0n) is 9.51. The van der Waals surface area contributed by atoms with Crippen LogP contribution in [0.2, 0.25) is 0 Å². The number of ether oxygens (including phenoxy) is 1. The molecule has 3 nitrogen and oxygen atoms in total. The second-order valence-corrected chi connectivity index (χ2v) is 5.22. The highest BCUT2D eigenvalue weighted by molar-refractivity contribution is 4.91. The lowest BCUT2D eigenvalue weighted by atomic mass is 9.78. The van der Waals surface area contributed by atoms with E-state index in [2.05, 4.69) is 24.5 Å². The summed E-state index contributed by atoms with van der Waals surface area (Å²) in [7, 11) is 0. The second-order valence-electron chi connectivity index (χ2n) is 5.22. The maximum atomic E-state index is 5.91. The van der Waals surface area contributed by atoms with E-state index in [0.717, 1.165) is 13.0 Å². The molecule has 4 N–H and O–H groups in total. The van der Waals surface area contributed by atoms with Crippen LogP contribution in [-0.4, -0.2) is 37.4 Å². The Hall–Kier alpha value is -0.120. The minimum absolute atomic E-state index is 0.139.